The van der Waals surface area contributed by atoms with E-state index in [1.807, 2.05) is 13.8 Å². The lowest BCUT2D eigenvalue weighted by Gasteiger charge is -2.04. The largest absolute Gasteiger partial charge is 0.347 e. The third-order valence-electron chi connectivity index (χ3n) is 2.17. The summed E-state index contributed by atoms with van der Waals surface area (Å²) in [6, 6.07) is 0. The van der Waals surface area contributed by atoms with Crippen molar-refractivity contribution in [3.05, 3.63) is 34.7 Å². The van der Waals surface area contributed by atoms with Crippen molar-refractivity contribution in [1.82, 2.24) is 19.9 Å². The zero-order valence-corrected chi connectivity index (χ0v) is 9.30. The van der Waals surface area contributed by atoms with E-state index in [4.69, 9.17) is 12.2 Å². The summed E-state index contributed by atoms with van der Waals surface area (Å²) in [4.78, 5) is 15.4. The Morgan fingerprint density at radius 2 is 1.87 bits per heavy atom. The summed E-state index contributed by atoms with van der Waals surface area (Å²) in [5, 5.41) is 0. The van der Waals surface area contributed by atoms with Crippen molar-refractivity contribution in [2.45, 2.75) is 13.8 Å². The zero-order chi connectivity index (χ0) is 10.8. The van der Waals surface area contributed by atoms with Gasteiger partial charge in [-0.15, -0.1) is 0 Å². The van der Waals surface area contributed by atoms with Gasteiger partial charge in [0, 0.05) is 23.7 Å². The second kappa shape index (κ2) is 3.86. The van der Waals surface area contributed by atoms with Crippen LogP contribution in [0.4, 0.5) is 0 Å². The summed E-state index contributed by atoms with van der Waals surface area (Å²) in [6.07, 6.45) is 4.89. The summed E-state index contributed by atoms with van der Waals surface area (Å²) in [5.41, 5.74) is 3.48. The molecule has 4 nitrogen and oxygen atoms in total. The SMILES string of the molecule is Cc1nc(-c2cncnc2)c(=S)[nH]c1C. The Hall–Kier alpha value is -1.62. The average Bonchev–Trinajstić information content (AvgIpc) is 2.25. The monoisotopic (exact) mass is 218 g/mol. The maximum absolute atomic E-state index is 5.21. The Morgan fingerprint density at radius 1 is 1.20 bits per heavy atom. The standard InChI is InChI=1S/C10H10N4S/c1-6-7(2)14-10(15)9(13-6)8-3-11-5-12-4-8/h3-5H,1-2H3,(H,14,15). The van der Waals surface area contributed by atoms with Crippen LogP contribution < -0.4 is 0 Å². The fraction of sp³-hybridized carbons (Fsp3) is 0.200. The van der Waals surface area contributed by atoms with Gasteiger partial charge in [0.25, 0.3) is 0 Å². The van der Waals surface area contributed by atoms with Crippen LogP contribution in [0.3, 0.4) is 0 Å². The molecule has 0 aliphatic carbocycles. The van der Waals surface area contributed by atoms with E-state index in [-0.39, 0.29) is 0 Å². The summed E-state index contributed by atoms with van der Waals surface area (Å²) in [6.45, 7) is 3.89. The molecule has 76 valence electrons. The van der Waals surface area contributed by atoms with Crippen LogP contribution in [0.1, 0.15) is 11.4 Å². The molecule has 0 spiro atoms. The Kier molecular flexibility index (Phi) is 2.55. The summed E-state index contributed by atoms with van der Waals surface area (Å²) < 4.78 is 0.618. The highest BCUT2D eigenvalue weighted by Crippen LogP contribution is 2.16. The van der Waals surface area contributed by atoms with E-state index in [2.05, 4.69) is 19.9 Å². The van der Waals surface area contributed by atoms with E-state index < -0.39 is 0 Å². The molecule has 1 N–H and O–H groups in total. The number of hydrogen-bond donors (Lipinski definition) is 1. The minimum absolute atomic E-state index is 0.618. The average molecular weight is 218 g/mol. The minimum atomic E-state index is 0.618. The smallest absolute Gasteiger partial charge is 0.130 e. The number of rotatable bonds is 1. The highest BCUT2D eigenvalue weighted by Gasteiger charge is 2.04. The van der Waals surface area contributed by atoms with Crippen LogP contribution >= 0.6 is 12.2 Å². The molecule has 0 aliphatic rings. The van der Waals surface area contributed by atoms with Gasteiger partial charge < -0.3 is 4.98 Å². The molecule has 0 unspecified atom stereocenters. The lowest BCUT2D eigenvalue weighted by atomic mass is 10.2. The van der Waals surface area contributed by atoms with E-state index in [0.717, 1.165) is 22.6 Å². The molecule has 0 radical (unpaired) electrons. The van der Waals surface area contributed by atoms with Gasteiger partial charge in [-0.3, -0.25) is 0 Å². The van der Waals surface area contributed by atoms with Crippen molar-refractivity contribution in [1.29, 1.82) is 0 Å². The van der Waals surface area contributed by atoms with E-state index >= 15 is 0 Å². The molecular formula is C10H10N4S. The van der Waals surface area contributed by atoms with E-state index in [1.54, 1.807) is 12.4 Å². The Labute approximate surface area is 92.5 Å². The first kappa shape index (κ1) is 9.92. The molecule has 2 aromatic heterocycles. The lowest BCUT2D eigenvalue weighted by Crippen LogP contribution is -1.96. The second-order valence-electron chi connectivity index (χ2n) is 3.25. The first-order chi connectivity index (χ1) is 7.18. The van der Waals surface area contributed by atoms with Gasteiger partial charge >= 0.3 is 0 Å². The Bertz CT molecular complexity index is 533. The van der Waals surface area contributed by atoms with Crippen molar-refractivity contribution in [3.8, 4) is 11.3 Å². The molecule has 15 heavy (non-hydrogen) atoms. The van der Waals surface area contributed by atoms with Crippen molar-refractivity contribution < 1.29 is 0 Å². The van der Waals surface area contributed by atoms with E-state index in [9.17, 15) is 0 Å². The molecule has 0 aliphatic heterocycles. The molecule has 2 heterocycles. The van der Waals surface area contributed by atoms with Gasteiger partial charge in [-0.1, -0.05) is 12.2 Å². The zero-order valence-electron chi connectivity index (χ0n) is 8.48. The van der Waals surface area contributed by atoms with Crippen LogP contribution in [-0.2, 0) is 0 Å². The van der Waals surface area contributed by atoms with Crippen molar-refractivity contribution in [2.75, 3.05) is 0 Å². The highest BCUT2D eigenvalue weighted by atomic mass is 32.1. The van der Waals surface area contributed by atoms with Crippen LogP contribution in [-0.4, -0.2) is 19.9 Å². The lowest BCUT2D eigenvalue weighted by molar-refractivity contribution is 1.03. The quantitative estimate of drug-likeness (QED) is 0.746. The van der Waals surface area contributed by atoms with Crippen LogP contribution in [0.25, 0.3) is 11.3 Å². The van der Waals surface area contributed by atoms with Crippen molar-refractivity contribution >= 4 is 12.2 Å². The molecule has 0 saturated carbocycles. The summed E-state index contributed by atoms with van der Waals surface area (Å²) in [5.74, 6) is 0. The molecule has 0 fully saturated rings. The number of aryl methyl sites for hydroxylation is 2. The second-order valence-corrected chi connectivity index (χ2v) is 3.66. The fourth-order valence-electron chi connectivity index (χ4n) is 1.24. The van der Waals surface area contributed by atoms with E-state index in [1.165, 1.54) is 6.33 Å². The van der Waals surface area contributed by atoms with Crippen molar-refractivity contribution in [3.63, 3.8) is 0 Å². The van der Waals surface area contributed by atoms with Crippen LogP contribution in [0, 0.1) is 18.5 Å². The normalized spacial score (nSPS) is 10.3. The molecular weight excluding hydrogens is 208 g/mol. The topological polar surface area (TPSA) is 54.5 Å². The molecule has 0 saturated heterocycles. The van der Waals surface area contributed by atoms with Crippen LogP contribution in [0.5, 0.6) is 0 Å². The van der Waals surface area contributed by atoms with E-state index in [0.29, 0.717) is 4.64 Å². The van der Waals surface area contributed by atoms with Gasteiger partial charge in [0.1, 0.15) is 16.7 Å². The maximum Gasteiger partial charge on any atom is 0.130 e. The van der Waals surface area contributed by atoms with Gasteiger partial charge in [0.15, 0.2) is 0 Å². The maximum atomic E-state index is 5.21. The summed E-state index contributed by atoms with van der Waals surface area (Å²) >= 11 is 5.21. The predicted octanol–water partition coefficient (Wildman–Crippen LogP) is 2.21. The first-order valence-electron chi connectivity index (χ1n) is 4.51. The van der Waals surface area contributed by atoms with Gasteiger partial charge in [-0.2, -0.15) is 0 Å². The number of nitrogens with one attached hydrogen (secondary N) is 1. The molecule has 0 amide bonds. The van der Waals surface area contributed by atoms with Gasteiger partial charge in [-0.05, 0) is 13.8 Å². The summed E-state index contributed by atoms with van der Waals surface area (Å²) in [7, 11) is 0. The first-order valence-corrected chi connectivity index (χ1v) is 4.92. The molecule has 0 aromatic carbocycles. The van der Waals surface area contributed by atoms with Crippen LogP contribution in [0.2, 0.25) is 0 Å². The number of aromatic nitrogens is 4. The van der Waals surface area contributed by atoms with Crippen LogP contribution in [0.15, 0.2) is 18.7 Å². The molecule has 5 heteroatoms. The number of aromatic amines is 1. The molecule has 2 rings (SSSR count). The van der Waals surface area contributed by atoms with Gasteiger partial charge in [0.05, 0.1) is 5.69 Å². The number of nitrogens with zero attached hydrogens (tertiary/aromatic N) is 3. The third kappa shape index (κ3) is 1.92. The Balaban J connectivity index is 2.65. The third-order valence-corrected chi connectivity index (χ3v) is 2.47. The number of H-pyrrole nitrogens is 1. The minimum Gasteiger partial charge on any atom is -0.347 e. The highest BCUT2D eigenvalue weighted by molar-refractivity contribution is 7.71. The molecule has 0 bridgehead atoms. The molecule has 0 atom stereocenters. The Morgan fingerprint density at radius 3 is 2.53 bits per heavy atom. The predicted molar refractivity (Wildman–Crippen MR) is 59.9 cm³/mol. The van der Waals surface area contributed by atoms with Gasteiger partial charge in [0.2, 0.25) is 0 Å². The van der Waals surface area contributed by atoms with Gasteiger partial charge in [-0.25, -0.2) is 15.0 Å². The number of hydrogen-bond acceptors (Lipinski definition) is 4. The van der Waals surface area contributed by atoms with Crippen molar-refractivity contribution in [2.24, 2.45) is 0 Å². The molecule has 2 aromatic rings. The fourth-order valence-corrected chi connectivity index (χ4v) is 1.56.